The zero-order valence-electron chi connectivity index (χ0n) is 12.8. The van der Waals surface area contributed by atoms with E-state index in [-0.39, 0.29) is 18.6 Å². The largest absolute Gasteiger partial charge is 0.469 e. The van der Waals surface area contributed by atoms with E-state index in [0.29, 0.717) is 23.2 Å². The molecule has 1 aliphatic carbocycles. The number of hydrogen-bond acceptors (Lipinski definition) is 4. The Morgan fingerprint density at radius 1 is 1.38 bits per heavy atom. The molecular weight excluding hydrogens is 270 g/mol. The molecule has 116 valence electrons. The van der Waals surface area contributed by atoms with E-state index in [1.165, 1.54) is 12.7 Å². The molecule has 21 heavy (non-hydrogen) atoms. The van der Waals surface area contributed by atoms with E-state index in [1.807, 2.05) is 0 Å². The van der Waals surface area contributed by atoms with Crippen molar-refractivity contribution in [2.24, 2.45) is 11.8 Å². The molecule has 2 rings (SSSR count). The summed E-state index contributed by atoms with van der Waals surface area (Å²) in [5, 5.41) is 2.97. The van der Waals surface area contributed by atoms with E-state index in [1.54, 1.807) is 13.0 Å². The molecule has 1 amide bonds. The van der Waals surface area contributed by atoms with Crippen LogP contribution >= 0.6 is 0 Å². The summed E-state index contributed by atoms with van der Waals surface area (Å²) in [4.78, 5) is 23.7. The Labute approximate surface area is 125 Å². The number of aryl methyl sites for hydroxylation is 1. The van der Waals surface area contributed by atoms with Gasteiger partial charge in [-0.2, -0.15) is 0 Å². The Morgan fingerprint density at radius 3 is 2.81 bits per heavy atom. The fourth-order valence-electron chi connectivity index (χ4n) is 2.84. The van der Waals surface area contributed by atoms with Crippen LogP contribution in [0.5, 0.6) is 0 Å². The molecule has 0 bridgehead atoms. The van der Waals surface area contributed by atoms with Crippen molar-refractivity contribution in [2.75, 3.05) is 6.61 Å². The molecule has 1 saturated carbocycles. The molecule has 1 N–H and O–H groups in total. The van der Waals surface area contributed by atoms with E-state index >= 15 is 0 Å². The number of carbonyl (C=O) groups excluding carboxylic acids is 2. The molecule has 0 aromatic carbocycles. The van der Waals surface area contributed by atoms with Crippen molar-refractivity contribution in [1.29, 1.82) is 0 Å². The van der Waals surface area contributed by atoms with Gasteiger partial charge < -0.3 is 14.5 Å². The minimum Gasteiger partial charge on any atom is -0.469 e. The first-order chi connectivity index (χ1) is 9.99. The third-order valence-corrected chi connectivity index (χ3v) is 4.47. The van der Waals surface area contributed by atoms with Gasteiger partial charge in [0.15, 0.2) is 6.61 Å². The molecule has 0 radical (unpaired) electrons. The molecule has 1 fully saturated rings. The van der Waals surface area contributed by atoms with Gasteiger partial charge in [-0.25, -0.2) is 4.79 Å². The predicted octanol–water partition coefficient (Wildman–Crippen LogP) is 2.69. The number of carbonyl (C=O) groups is 2. The van der Waals surface area contributed by atoms with Gasteiger partial charge in [-0.3, -0.25) is 4.79 Å². The Morgan fingerprint density at radius 2 is 2.14 bits per heavy atom. The average molecular weight is 293 g/mol. The van der Waals surface area contributed by atoms with Crippen LogP contribution in [0.2, 0.25) is 0 Å². The van der Waals surface area contributed by atoms with Crippen molar-refractivity contribution in [3.63, 3.8) is 0 Å². The average Bonchev–Trinajstić information content (AvgIpc) is 2.87. The van der Waals surface area contributed by atoms with Crippen LogP contribution in [-0.2, 0) is 9.53 Å². The van der Waals surface area contributed by atoms with Gasteiger partial charge in [0.2, 0.25) is 0 Å². The molecule has 0 spiro atoms. The summed E-state index contributed by atoms with van der Waals surface area (Å²) in [5.74, 6) is 0.793. The van der Waals surface area contributed by atoms with Gasteiger partial charge in [-0.1, -0.05) is 26.7 Å². The molecule has 0 aliphatic heterocycles. The van der Waals surface area contributed by atoms with Crippen molar-refractivity contribution in [1.82, 2.24) is 5.32 Å². The van der Waals surface area contributed by atoms with Crippen LogP contribution in [0, 0.1) is 18.8 Å². The fraction of sp³-hybridized carbons (Fsp3) is 0.625. The molecule has 1 aromatic heterocycles. The lowest BCUT2D eigenvalue weighted by Crippen LogP contribution is -2.45. The van der Waals surface area contributed by atoms with Crippen LogP contribution < -0.4 is 5.32 Å². The second kappa shape index (κ2) is 6.78. The number of amides is 1. The third kappa shape index (κ3) is 3.86. The minimum absolute atomic E-state index is 0.176. The molecule has 1 aliphatic rings. The summed E-state index contributed by atoms with van der Waals surface area (Å²) in [6.45, 7) is 5.81. The SMILES string of the molecule is Cc1occc1C(=O)OCC(=O)N[C@H]1CCC[C@H](C)[C@@H]1C. The van der Waals surface area contributed by atoms with Crippen molar-refractivity contribution < 1.29 is 18.7 Å². The molecular formula is C16H23NO4. The van der Waals surface area contributed by atoms with Crippen LogP contribution in [0.4, 0.5) is 0 Å². The lowest BCUT2D eigenvalue weighted by molar-refractivity contribution is -0.125. The summed E-state index contributed by atoms with van der Waals surface area (Å²) in [5.41, 5.74) is 0.363. The maximum atomic E-state index is 11.9. The minimum atomic E-state index is -0.526. The standard InChI is InChI=1S/C16H23NO4/c1-10-5-4-6-14(11(10)2)17-15(18)9-21-16(19)13-7-8-20-12(13)3/h7-8,10-11,14H,4-6,9H2,1-3H3,(H,17,18)/t10-,11-,14-/m0/s1. The Balaban J connectivity index is 1.80. The van der Waals surface area contributed by atoms with Gasteiger partial charge in [0.25, 0.3) is 5.91 Å². The van der Waals surface area contributed by atoms with E-state index in [0.717, 1.165) is 12.8 Å². The van der Waals surface area contributed by atoms with Crippen molar-refractivity contribution in [3.8, 4) is 0 Å². The van der Waals surface area contributed by atoms with Gasteiger partial charge in [-0.15, -0.1) is 0 Å². The first-order valence-electron chi connectivity index (χ1n) is 7.49. The second-order valence-electron chi connectivity index (χ2n) is 5.91. The highest BCUT2D eigenvalue weighted by molar-refractivity contribution is 5.92. The molecule has 3 atom stereocenters. The van der Waals surface area contributed by atoms with Crippen LogP contribution in [0.25, 0.3) is 0 Å². The van der Waals surface area contributed by atoms with Crippen molar-refractivity contribution >= 4 is 11.9 Å². The zero-order chi connectivity index (χ0) is 15.4. The van der Waals surface area contributed by atoms with E-state index in [2.05, 4.69) is 19.2 Å². The molecule has 1 aromatic rings. The molecule has 0 saturated heterocycles. The van der Waals surface area contributed by atoms with Crippen molar-refractivity contribution in [2.45, 2.75) is 46.1 Å². The van der Waals surface area contributed by atoms with E-state index in [4.69, 9.17) is 9.15 Å². The van der Waals surface area contributed by atoms with E-state index in [9.17, 15) is 9.59 Å². The summed E-state index contributed by atoms with van der Waals surface area (Å²) in [6.07, 6.45) is 4.76. The molecule has 5 heteroatoms. The number of hydrogen-bond donors (Lipinski definition) is 1. The molecule has 5 nitrogen and oxygen atoms in total. The number of nitrogens with one attached hydrogen (secondary N) is 1. The first kappa shape index (κ1) is 15.6. The number of ether oxygens (including phenoxy) is 1. The lowest BCUT2D eigenvalue weighted by Gasteiger charge is -2.34. The third-order valence-electron chi connectivity index (χ3n) is 4.47. The van der Waals surface area contributed by atoms with E-state index < -0.39 is 5.97 Å². The smallest absolute Gasteiger partial charge is 0.342 e. The summed E-state index contributed by atoms with van der Waals surface area (Å²) < 4.78 is 10.1. The maximum absolute atomic E-state index is 11.9. The van der Waals surface area contributed by atoms with Crippen LogP contribution in [0.15, 0.2) is 16.7 Å². The monoisotopic (exact) mass is 293 g/mol. The zero-order valence-corrected chi connectivity index (χ0v) is 12.8. The summed E-state index contributed by atoms with van der Waals surface area (Å²) in [6, 6.07) is 1.72. The first-order valence-corrected chi connectivity index (χ1v) is 7.49. The van der Waals surface area contributed by atoms with Gasteiger partial charge in [0.1, 0.15) is 11.3 Å². The topological polar surface area (TPSA) is 68.5 Å². The van der Waals surface area contributed by atoms with Gasteiger partial charge in [-0.05, 0) is 31.2 Å². The van der Waals surface area contributed by atoms with Gasteiger partial charge in [0.05, 0.1) is 6.26 Å². The Kier molecular flexibility index (Phi) is 5.04. The second-order valence-corrected chi connectivity index (χ2v) is 5.91. The highest BCUT2D eigenvalue weighted by atomic mass is 16.5. The molecule has 1 heterocycles. The van der Waals surface area contributed by atoms with Crippen LogP contribution in [0.3, 0.4) is 0 Å². The highest BCUT2D eigenvalue weighted by Gasteiger charge is 2.28. The van der Waals surface area contributed by atoms with Crippen LogP contribution in [0.1, 0.15) is 49.2 Å². The molecule has 0 unspecified atom stereocenters. The fourth-order valence-corrected chi connectivity index (χ4v) is 2.84. The van der Waals surface area contributed by atoms with Crippen molar-refractivity contribution in [3.05, 3.63) is 23.7 Å². The van der Waals surface area contributed by atoms with Crippen LogP contribution in [-0.4, -0.2) is 24.5 Å². The number of furan rings is 1. The maximum Gasteiger partial charge on any atom is 0.342 e. The summed E-state index contributed by atoms with van der Waals surface area (Å²) >= 11 is 0. The number of rotatable bonds is 4. The normalized spacial score (nSPS) is 25.4. The quantitative estimate of drug-likeness (QED) is 0.867. The van der Waals surface area contributed by atoms with Gasteiger partial charge >= 0.3 is 5.97 Å². The lowest BCUT2D eigenvalue weighted by atomic mass is 9.78. The Hall–Kier alpha value is -1.78. The Bertz CT molecular complexity index is 508. The summed E-state index contributed by atoms with van der Waals surface area (Å²) in [7, 11) is 0. The number of esters is 1. The highest BCUT2D eigenvalue weighted by Crippen LogP contribution is 2.29. The predicted molar refractivity (Wildman–Crippen MR) is 77.8 cm³/mol. The van der Waals surface area contributed by atoms with Gasteiger partial charge in [0, 0.05) is 6.04 Å².